The summed E-state index contributed by atoms with van der Waals surface area (Å²) in [5.74, 6) is -1.41. The van der Waals surface area contributed by atoms with Gasteiger partial charge < -0.3 is 10.0 Å². The van der Waals surface area contributed by atoms with Gasteiger partial charge in [-0.15, -0.1) is 0 Å². The van der Waals surface area contributed by atoms with E-state index < -0.39 is 11.4 Å². The summed E-state index contributed by atoms with van der Waals surface area (Å²) in [5, 5.41) is 8.80. The minimum atomic E-state index is -0.921. The Labute approximate surface area is 118 Å². The molecule has 0 saturated heterocycles. The van der Waals surface area contributed by atoms with E-state index in [0.29, 0.717) is 12.1 Å². The number of rotatable bonds is 6. The molecule has 0 bridgehead atoms. The summed E-state index contributed by atoms with van der Waals surface area (Å²) < 4.78 is 13.1. The second-order valence-corrected chi connectivity index (χ2v) is 5.79. The van der Waals surface area contributed by atoms with E-state index in [4.69, 9.17) is 5.11 Å². The molecule has 0 fully saturated rings. The summed E-state index contributed by atoms with van der Waals surface area (Å²) in [7, 11) is 1.63. The Hall–Kier alpha value is -1.91. The maximum atomic E-state index is 13.1. The third-order valence-electron chi connectivity index (χ3n) is 2.99. The van der Waals surface area contributed by atoms with Crippen LogP contribution < -0.4 is 0 Å². The molecular formula is C15H20FNO3. The molecule has 5 heteroatoms. The van der Waals surface area contributed by atoms with E-state index in [1.807, 2.05) is 0 Å². The second kappa shape index (κ2) is 6.50. The molecule has 0 aliphatic rings. The van der Waals surface area contributed by atoms with Crippen LogP contribution in [0.2, 0.25) is 0 Å². The molecule has 1 amide bonds. The van der Waals surface area contributed by atoms with Crippen LogP contribution in [0.4, 0.5) is 4.39 Å². The molecule has 110 valence electrons. The normalized spacial score (nSPS) is 11.2. The van der Waals surface area contributed by atoms with E-state index in [2.05, 4.69) is 0 Å². The molecule has 20 heavy (non-hydrogen) atoms. The molecule has 0 aromatic heterocycles. The number of carboxylic acid groups (broad SMARTS) is 1. The van der Waals surface area contributed by atoms with Crippen LogP contribution in [0.5, 0.6) is 0 Å². The summed E-state index contributed by atoms with van der Waals surface area (Å²) >= 11 is 0. The van der Waals surface area contributed by atoms with Gasteiger partial charge in [-0.05, 0) is 23.1 Å². The first-order valence-corrected chi connectivity index (χ1v) is 6.40. The Kier molecular flexibility index (Phi) is 5.25. The van der Waals surface area contributed by atoms with E-state index in [9.17, 15) is 14.0 Å². The van der Waals surface area contributed by atoms with Crippen molar-refractivity contribution in [2.45, 2.75) is 33.2 Å². The molecule has 0 heterocycles. The van der Waals surface area contributed by atoms with Crippen LogP contribution in [0, 0.1) is 11.2 Å². The van der Waals surface area contributed by atoms with Gasteiger partial charge in [0.1, 0.15) is 5.82 Å². The van der Waals surface area contributed by atoms with Crippen molar-refractivity contribution < 1.29 is 19.1 Å². The summed E-state index contributed by atoms with van der Waals surface area (Å²) in [5.41, 5.74) is 0.107. The van der Waals surface area contributed by atoms with Crippen LogP contribution in [-0.4, -0.2) is 28.9 Å². The molecule has 0 unspecified atom stereocenters. The Bertz CT molecular complexity index is 500. The van der Waals surface area contributed by atoms with Crippen molar-refractivity contribution in [1.29, 1.82) is 0 Å². The average Bonchev–Trinajstić information content (AvgIpc) is 2.26. The maximum Gasteiger partial charge on any atom is 0.303 e. The first-order valence-electron chi connectivity index (χ1n) is 6.40. The molecule has 1 aromatic rings. The lowest BCUT2D eigenvalue weighted by Crippen LogP contribution is -2.31. The highest BCUT2D eigenvalue weighted by atomic mass is 19.1. The maximum absolute atomic E-state index is 13.1. The molecule has 0 spiro atoms. The number of nitrogens with zero attached hydrogens (tertiary/aromatic N) is 1. The standard InChI is InChI=1S/C15H20FNO3/c1-15(2,9-14(19)20)8-13(18)17(3)10-11-5-4-6-12(16)7-11/h4-7H,8-10H2,1-3H3,(H,19,20). The van der Waals surface area contributed by atoms with Crippen molar-refractivity contribution in [1.82, 2.24) is 4.90 Å². The van der Waals surface area contributed by atoms with Gasteiger partial charge in [0.2, 0.25) is 5.91 Å². The Balaban J connectivity index is 2.61. The van der Waals surface area contributed by atoms with Crippen LogP contribution in [-0.2, 0) is 16.1 Å². The minimum absolute atomic E-state index is 0.0630. The van der Waals surface area contributed by atoms with Gasteiger partial charge in [0.25, 0.3) is 0 Å². The summed E-state index contributed by atoms with van der Waals surface area (Å²) in [6, 6.07) is 6.07. The first kappa shape index (κ1) is 16.1. The van der Waals surface area contributed by atoms with Gasteiger partial charge in [-0.3, -0.25) is 9.59 Å². The van der Waals surface area contributed by atoms with E-state index in [0.717, 1.165) is 0 Å². The zero-order valence-electron chi connectivity index (χ0n) is 12.0. The number of halogens is 1. The summed E-state index contributed by atoms with van der Waals surface area (Å²) in [6.45, 7) is 3.80. The van der Waals surface area contributed by atoms with E-state index >= 15 is 0 Å². The Morgan fingerprint density at radius 2 is 1.95 bits per heavy atom. The lowest BCUT2D eigenvalue weighted by atomic mass is 9.85. The van der Waals surface area contributed by atoms with Crippen molar-refractivity contribution in [3.63, 3.8) is 0 Å². The fourth-order valence-electron chi connectivity index (χ4n) is 2.01. The Morgan fingerprint density at radius 3 is 2.50 bits per heavy atom. The first-order chi connectivity index (χ1) is 9.19. The molecule has 1 aromatic carbocycles. The van der Waals surface area contributed by atoms with E-state index in [1.165, 1.54) is 17.0 Å². The highest BCUT2D eigenvalue weighted by molar-refractivity contribution is 5.77. The zero-order valence-corrected chi connectivity index (χ0v) is 12.0. The SMILES string of the molecule is CN(Cc1cccc(F)c1)C(=O)CC(C)(C)CC(=O)O. The molecule has 0 aliphatic carbocycles. The largest absolute Gasteiger partial charge is 0.481 e. The lowest BCUT2D eigenvalue weighted by molar-refractivity contribution is -0.140. The topological polar surface area (TPSA) is 57.6 Å². The molecule has 1 rings (SSSR count). The number of carbonyl (C=O) groups is 2. The number of hydrogen-bond donors (Lipinski definition) is 1. The van der Waals surface area contributed by atoms with Crippen LogP contribution in [0.1, 0.15) is 32.3 Å². The van der Waals surface area contributed by atoms with Gasteiger partial charge in [0.05, 0.1) is 6.42 Å². The number of amides is 1. The molecular weight excluding hydrogens is 261 g/mol. The number of hydrogen-bond acceptors (Lipinski definition) is 2. The smallest absolute Gasteiger partial charge is 0.303 e. The number of benzene rings is 1. The highest BCUT2D eigenvalue weighted by Gasteiger charge is 2.26. The monoisotopic (exact) mass is 281 g/mol. The van der Waals surface area contributed by atoms with E-state index in [1.54, 1.807) is 33.0 Å². The molecule has 0 saturated carbocycles. The third-order valence-corrected chi connectivity index (χ3v) is 2.99. The number of carboxylic acids is 1. The molecule has 0 aliphatic heterocycles. The van der Waals surface area contributed by atoms with Gasteiger partial charge >= 0.3 is 5.97 Å². The number of carbonyl (C=O) groups excluding carboxylic acids is 1. The van der Waals surface area contributed by atoms with Gasteiger partial charge in [-0.1, -0.05) is 26.0 Å². The van der Waals surface area contributed by atoms with Gasteiger partial charge in [0.15, 0.2) is 0 Å². The zero-order chi connectivity index (χ0) is 15.3. The molecule has 4 nitrogen and oxygen atoms in total. The fourth-order valence-corrected chi connectivity index (χ4v) is 2.01. The fraction of sp³-hybridized carbons (Fsp3) is 0.467. The molecule has 0 atom stereocenters. The van der Waals surface area contributed by atoms with Gasteiger partial charge in [0, 0.05) is 20.0 Å². The van der Waals surface area contributed by atoms with Crippen LogP contribution in [0.15, 0.2) is 24.3 Å². The summed E-state index contributed by atoms with van der Waals surface area (Å²) in [6.07, 6.45) is 0.0810. The third kappa shape index (κ3) is 5.38. The minimum Gasteiger partial charge on any atom is -0.481 e. The van der Waals surface area contributed by atoms with Crippen molar-refractivity contribution >= 4 is 11.9 Å². The van der Waals surface area contributed by atoms with Crippen molar-refractivity contribution in [3.8, 4) is 0 Å². The van der Waals surface area contributed by atoms with Gasteiger partial charge in [-0.2, -0.15) is 0 Å². The Morgan fingerprint density at radius 1 is 1.30 bits per heavy atom. The highest BCUT2D eigenvalue weighted by Crippen LogP contribution is 2.26. The molecule has 1 N–H and O–H groups in total. The summed E-state index contributed by atoms with van der Waals surface area (Å²) in [4.78, 5) is 24.3. The molecule has 0 radical (unpaired) electrons. The van der Waals surface area contributed by atoms with Crippen molar-refractivity contribution in [2.24, 2.45) is 5.41 Å². The van der Waals surface area contributed by atoms with Crippen LogP contribution >= 0.6 is 0 Å². The van der Waals surface area contributed by atoms with Crippen molar-refractivity contribution in [3.05, 3.63) is 35.6 Å². The number of aliphatic carboxylic acids is 1. The predicted molar refractivity (Wildman–Crippen MR) is 73.5 cm³/mol. The van der Waals surface area contributed by atoms with Crippen LogP contribution in [0.25, 0.3) is 0 Å². The van der Waals surface area contributed by atoms with Gasteiger partial charge in [-0.25, -0.2) is 4.39 Å². The second-order valence-electron chi connectivity index (χ2n) is 5.79. The predicted octanol–water partition coefficient (Wildman–Crippen LogP) is 2.68. The lowest BCUT2D eigenvalue weighted by Gasteiger charge is -2.25. The average molecular weight is 281 g/mol. The van der Waals surface area contributed by atoms with E-state index in [-0.39, 0.29) is 24.6 Å². The van der Waals surface area contributed by atoms with Crippen molar-refractivity contribution in [2.75, 3.05) is 7.05 Å². The van der Waals surface area contributed by atoms with Crippen LogP contribution in [0.3, 0.4) is 0 Å². The quantitative estimate of drug-likeness (QED) is 0.872.